The van der Waals surface area contributed by atoms with Gasteiger partial charge in [0.1, 0.15) is 12.2 Å². The molecule has 100 heavy (non-hydrogen) atoms. The molecule has 3 fully saturated rings. The minimum atomic E-state index is -3.27. The molecule has 0 spiro atoms. The minimum Gasteiger partial charge on any atom is -0.464 e. The molecule has 3 aliphatic rings. The van der Waals surface area contributed by atoms with E-state index in [9.17, 15) is 52.7 Å². The Kier molecular flexibility index (Phi) is 35.2. The molecule has 3 heterocycles. The van der Waals surface area contributed by atoms with E-state index in [-0.39, 0.29) is 74.9 Å². The Morgan fingerprint density at radius 1 is 0.360 bits per heavy atom. The molecule has 0 radical (unpaired) electrons. The van der Waals surface area contributed by atoms with Crippen molar-refractivity contribution in [2.24, 2.45) is 88.7 Å². The summed E-state index contributed by atoms with van der Waals surface area (Å²) in [5.41, 5.74) is 0. The second kappa shape index (κ2) is 53.6. The maximum absolute atomic E-state index is 12.9. The lowest BCUT2D eigenvalue weighted by molar-refractivity contribution is -0.145. The van der Waals surface area contributed by atoms with Crippen molar-refractivity contribution >= 4 is 64.6 Å². The highest BCUT2D eigenvalue weighted by molar-refractivity contribution is 5.98. The largest absolute Gasteiger partial charge is 0.464 e. The summed E-state index contributed by atoms with van der Waals surface area (Å²) in [6.45, 7) is 36.0. The number of Topliss-reactive ketones (excluding diaryl/α,β-unsaturated/α-hetero) is 4. The van der Waals surface area contributed by atoms with Crippen LogP contribution in [0.5, 0.6) is 0 Å². The monoisotopic (exact) mass is 1440 g/mol. The van der Waals surface area contributed by atoms with Crippen LogP contribution >= 0.6 is 0 Å². The Bertz CT molecular complexity index is 3300. The zero-order chi connectivity index (χ0) is 94.8. The fraction of sp³-hybridized carbons (Fsp3) is 0.861. The highest BCUT2D eigenvalue weighted by atomic mass is 16.6. The predicted octanol–water partition coefficient (Wildman–Crippen LogP) is 12.8. The van der Waals surface area contributed by atoms with Gasteiger partial charge in [0.05, 0.1) is 13.2 Å². The van der Waals surface area contributed by atoms with E-state index < -0.39 is 189 Å². The molecular formula is C79H145N5O16. The quantitative estimate of drug-likeness (QED) is 0.0279. The highest BCUT2D eigenvalue weighted by Gasteiger charge is 2.53. The van der Waals surface area contributed by atoms with Crippen molar-refractivity contribution in [1.82, 2.24) is 26.6 Å². The molecule has 582 valence electrons. The molecule has 13 atom stereocenters. The standard InChI is InChI=1S/2C18H31NO5.C17H29NO4.2C13H27NO/c2*1-6-23-18(22)16-15(24-16)14(20)10-13(9-12(4)5)17(21)19-8-7-11(2)3;1-10(2)6-7-18-17(21)13(8-11(3)4)9-14(20)16-15(22-16)12(5)19;2*1-6-12(9-11(4)5)13(15)14-8-7-10(2)3/h2*11-13,15-16H,6-10H2,1-5H3,(H,19,21);10-11,13,15-16H,6-9H2,1-5H3,(H,18,21);2*10-12H,6-9H2,1-5H3,(H,14,15)/t13-,15+,16-;13-,15-,16+;13-,15-,16-;2*12-/m01110/s1/i4D3,9D2,12D,13D;9D2;8D2;4D3,9D2,11D,12D;9D2/t12?,13-,15+,16-;2m;11?,12-;m. The lowest BCUT2D eigenvalue weighted by Crippen LogP contribution is -2.35. The van der Waals surface area contributed by atoms with Crippen LogP contribution in [-0.4, -0.2) is 147 Å². The van der Waals surface area contributed by atoms with E-state index in [0.717, 1.165) is 33.1 Å². The first-order valence-corrected chi connectivity index (χ1v) is 36.1. The van der Waals surface area contributed by atoms with Crippen molar-refractivity contribution in [3.8, 4) is 0 Å². The third-order valence-electron chi connectivity index (χ3n) is 14.6. The second-order valence-corrected chi connectivity index (χ2v) is 28.2. The van der Waals surface area contributed by atoms with Gasteiger partial charge in [-0.3, -0.25) is 43.2 Å². The van der Waals surface area contributed by atoms with Gasteiger partial charge in [0.25, 0.3) is 0 Å². The van der Waals surface area contributed by atoms with Gasteiger partial charge in [-0.05, 0) is 157 Å². The van der Waals surface area contributed by atoms with E-state index in [4.69, 9.17) is 51.1 Å². The van der Waals surface area contributed by atoms with Gasteiger partial charge in [-0.1, -0.05) is 152 Å². The van der Waals surface area contributed by atoms with Crippen LogP contribution in [0.4, 0.5) is 0 Å². The molecule has 0 aromatic carbocycles. The Labute approximate surface area is 633 Å². The Morgan fingerprint density at radius 3 is 0.920 bits per heavy atom. The number of carbonyl (C=O) groups excluding carboxylic acids is 11. The van der Waals surface area contributed by atoms with E-state index in [2.05, 4.69) is 40.4 Å². The molecular weight excluding hydrogens is 1270 g/mol. The van der Waals surface area contributed by atoms with Crippen LogP contribution in [0.1, 0.15) is 296 Å². The third kappa shape index (κ3) is 47.2. The van der Waals surface area contributed by atoms with Crippen molar-refractivity contribution < 1.29 is 104 Å². The number of rotatable bonds is 46. The van der Waals surface area contributed by atoms with Crippen LogP contribution in [0.3, 0.4) is 0 Å². The van der Waals surface area contributed by atoms with Gasteiger partial charge in [0, 0.05) is 109 Å². The second-order valence-electron chi connectivity index (χ2n) is 28.2. The number of amides is 5. The third-order valence-corrected chi connectivity index (χ3v) is 14.6. The van der Waals surface area contributed by atoms with Crippen LogP contribution < -0.4 is 26.6 Å². The van der Waals surface area contributed by atoms with Crippen LogP contribution in [0, 0.1) is 88.7 Å². The first-order valence-electron chi connectivity index (χ1n) is 46.1. The first-order chi connectivity index (χ1) is 54.3. The molecule has 2 unspecified atom stereocenters. The normalized spacial score (nSPS) is 24.5. The number of hydrogen-bond acceptors (Lipinski definition) is 16. The summed E-state index contributed by atoms with van der Waals surface area (Å²) in [7, 11) is 0. The van der Waals surface area contributed by atoms with E-state index in [0.29, 0.717) is 62.6 Å². The van der Waals surface area contributed by atoms with E-state index in [1.165, 1.54) is 13.8 Å². The highest BCUT2D eigenvalue weighted by Crippen LogP contribution is 2.31. The van der Waals surface area contributed by atoms with Crippen molar-refractivity contribution in [3.05, 3.63) is 0 Å². The minimum absolute atomic E-state index is 0.0541. The molecule has 21 heteroatoms. The number of hydrogen-bond donors (Lipinski definition) is 5. The fourth-order valence-corrected chi connectivity index (χ4v) is 9.06. The summed E-state index contributed by atoms with van der Waals surface area (Å²) in [5.74, 6) is -19.2. The first kappa shape index (κ1) is 65.6. The number of nitrogens with one attached hydrogen (secondary N) is 5. The van der Waals surface area contributed by atoms with Crippen molar-refractivity contribution in [1.29, 1.82) is 0 Å². The predicted molar refractivity (Wildman–Crippen MR) is 396 cm³/mol. The van der Waals surface area contributed by atoms with Gasteiger partial charge >= 0.3 is 11.9 Å². The van der Waals surface area contributed by atoms with Gasteiger partial charge in [-0.25, -0.2) is 9.59 Å². The molecule has 0 saturated carbocycles. The average Bonchev–Trinajstić information content (AvgIpc) is 0.996. The van der Waals surface area contributed by atoms with Crippen LogP contribution in [0.15, 0.2) is 0 Å². The van der Waals surface area contributed by atoms with E-state index in [1.807, 2.05) is 76.2 Å². The van der Waals surface area contributed by atoms with Gasteiger partial charge in [-0.2, -0.15) is 0 Å². The number of carbonyl (C=O) groups is 11. The summed E-state index contributed by atoms with van der Waals surface area (Å²) in [6, 6.07) is 0. The Balaban J connectivity index is 0. The molecule has 3 rings (SSSR count). The van der Waals surface area contributed by atoms with Crippen LogP contribution in [0.25, 0.3) is 0 Å². The van der Waals surface area contributed by atoms with Crippen molar-refractivity contribution in [3.63, 3.8) is 0 Å². The number of ether oxygens (including phenoxy) is 5. The van der Waals surface area contributed by atoms with Gasteiger partial charge < -0.3 is 50.3 Å². The van der Waals surface area contributed by atoms with Crippen molar-refractivity contribution in [2.45, 2.75) is 306 Å². The summed E-state index contributed by atoms with van der Waals surface area (Å²) in [4.78, 5) is 134. The number of epoxide rings is 3. The van der Waals surface area contributed by atoms with Gasteiger partial charge in [0.15, 0.2) is 47.5 Å². The average molecular weight is 1440 g/mol. The SMILES string of the molecule is [2H]C([2H])(C(C)C)[C@H](CC(=O)[C@H]1O[C@@H]1C(=O)OCC)C(=O)NCCC(C)C.[2H]C([2H])(C(C)C)[C@H](CC(=O)[C@H]1O[C@@H]1C(C)=O)C(=O)NCCC(C)C.[2H]C([2H])(C(C)C)[C@H](CC)C(=O)NCCC(C)C.[2H]C([2H])([2H])C([2H])(C)C([2H])([2H])[C@@]([2H])(CC(=O)[C@H]1O[C@@H]1C(=O)OCC)C(=O)NCCC(C)C.[2H]C([2H])([2H])C([2H])(C)C([2H])([2H])[C@@]([2H])(CC)C(=O)NCCC(C)C. The smallest absolute Gasteiger partial charge is 0.338 e. The fourth-order valence-electron chi connectivity index (χ4n) is 9.06. The summed E-state index contributed by atoms with van der Waals surface area (Å²) >= 11 is 0. The summed E-state index contributed by atoms with van der Waals surface area (Å²) < 4.78 is 184. The van der Waals surface area contributed by atoms with Crippen LogP contribution in [-0.2, 0) is 76.4 Å². The molecule has 3 saturated heterocycles. The molecule has 5 amide bonds. The molecule has 3 aliphatic heterocycles. The number of esters is 2. The lowest BCUT2D eigenvalue weighted by Gasteiger charge is -2.18. The van der Waals surface area contributed by atoms with Crippen LogP contribution in [0.2, 0.25) is 0 Å². The molecule has 0 aliphatic carbocycles. The van der Waals surface area contributed by atoms with Gasteiger partial charge in [-0.15, -0.1) is 0 Å². The Morgan fingerprint density at radius 2 is 0.640 bits per heavy atom. The lowest BCUT2D eigenvalue weighted by atomic mass is 9.90. The topological polar surface area (TPSA) is 304 Å². The summed E-state index contributed by atoms with van der Waals surface area (Å²) in [6.07, 6.45) is -14.8. The zero-order valence-electron chi connectivity index (χ0n) is 84.9. The maximum atomic E-state index is 12.9. The molecule has 0 aromatic heterocycles. The maximum Gasteiger partial charge on any atom is 0.338 e. The van der Waals surface area contributed by atoms with E-state index in [1.54, 1.807) is 41.5 Å². The molecule has 0 bridgehead atoms. The molecule has 21 nitrogen and oxygen atoms in total. The summed E-state index contributed by atoms with van der Waals surface area (Å²) in [5, 5.41) is 13.2. The van der Waals surface area contributed by atoms with Crippen molar-refractivity contribution in [2.75, 3.05) is 45.9 Å². The van der Waals surface area contributed by atoms with Gasteiger partial charge in [0.2, 0.25) is 29.5 Å². The van der Waals surface area contributed by atoms with E-state index >= 15 is 0 Å². The molecule has 5 N–H and O–H groups in total. The number of ketones is 4. The zero-order valence-corrected chi connectivity index (χ0v) is 64.9. The Hall–Kier alpha value is -5.15. The molecule has 0 aromatic rings.